The van der Waals surface area contributed by atoms with Crippen molar-refractivity contribution in [2.75, 3.05) is 13.1 Å². The van der Waals surface area contributed by atoms with Gasteiger partial charge in [-0.15, -0.1) is 0 Å². The highest BCUT2D eigenvalue weighted by Crippen LogP contribution is 1.93. The Hall–Kier alpha value is -1.14. The summed E-state index contributed by atoms with van der Waals surface area (Å²) in [4.78, 5) is 21.4. The van der Waals surface area contributed by atoms with Crippen LogP contribution in [-0.4, -0.2) is 47.3 Å². The van der Waals surface area contributed by atoms with E-state index in [-0.39, 0.29) is 12.5 Å². The highest BCUT2D eigenvalue weighted by Gasteiger charge is 2.17. The van der Waals surface area contributed by atoms with Gasteiger partial charge in [-0.3, -0.25) is 4.79 Å². The van der Waals surface area contributed by atoms with Crippen molar-refractivity contribution in [1.82, 2.24) is 10.6 Å². The molecule has 0 bridgehead atoms. The quantitative estimate of drug-likeness (QED) is 0.445. The van der Waals surface area contributed by atoms with Gasteiger partial charge in [0.25, 0.3) is 0 Å². The number of hydrogen-bond acceptors (Lipinski definition) is 4. The zero-order valence-corrected chi connectivity index (χ0v) is 9.69. The van der Waals surface area contributed by atoms with E-state index in [0.717, 1.165) is 6.42 Å². The van der Waals surface area contributed by atoms with Crippen molar-refractivity contribution < 1.29 is 19.8 Å². The normalized spacial score (nSPS) is 14.2. The molecular formula is C10H20N2O4. The Kier molecular flexibility index (Phi) is 7.49. The van der Waals surface area contributed by atoms with Gasteiger partial charge >= 0.3 is 5.97 Å². The molecule has 2 unspecified atom stereocenters. The number of carbonyl (C=O) groups is 2. The number of carbonyl (C=O) groups excluding carboxylic acids is 1. The van der Waals surface area contributed by atoms with Crippen LogP contribution in [0, 0.1) is 0 Å². The van der Waals surface area contributed by atoms with Crippen LogP contribution in [0.2, 0.25) is 0 Å². The molecule has 0 saturated carbocycles. The molecule has 0 saturated heterocycles. The molecule has 0 aliphatic rings. The maximum atomic E-state index is 10.7. The molecule has 0 spiro atoms. The molecule has 0 fully saturated rings. The molecule has 0 radical (unpaired) electrons. The van der Waals surface area contributed by atoms with Crippen LogP contribution in [0.5, 0.6) is 0 Å². The first kappa shape index (κ1) is 14.9. The van der Waals surface area contributed by atoms with Gasteiger partial charge in [0.1, 0.15) is 6.04 Å². The SMILES string of the molecule is CCCC(O)CNCC(NC(C)=O)C(=O)O. The molecule has 0 aromatic carbocycles. The lowest BCUT2D eigenvalue weighted by molar-refractivity contribution is -0.141. The fraction of sp³-hybridized carbons (Fsp3) is 0.800. The summed E-state index contributed by atoms with van der Waals surface area (Å²) in [5.41, 5.74) is 0. The van der Waals surface area contributed by atoms with Crippen LogP contribution in [-0.2, 0) is 9.59 Å². The molecule has 0 aromatic rings. The van der Waals surface area contributed by atoms with Crippen molar-refractivity contribution in [2.45, 2.75) is 38.8 Å². The van der Waals surface area contributed by atoms with Crippen molar-refractivity contribution in [3.63, 3.8) is 0 Å². The Morgan fingerprint density at radius 3 is 2.38 bits per heavy atom. The third-order valence-corrected chi connectivity index (χ3v) is 2.03. The first-order chi connectivity index (χ1) is 7.47. The monoisotopic (exact) mass is 232 g/mol. The van der Waals surface area contributed by atoms with E-state index in [0.29, 0.717) is 13.0 Å². The second kappa shape index (κ2) is 8.06. The predicted molar refractivity (Wildman–Crippen MR) is 59.0 cm³/mol. The van der Waals surface area contributed by atoms with Gasteiger partial charge in [-0.25, -0.2) is 4.79 Å². The van der Waals surface area contributed by atoms with Crippen molar-refractivity contribution >= 4 is 11.9 Å². The molecule has 16 heavy (non-hydrogen) atoms. The second-order valence-electron chi connectivity index (χ2n) is 3.69. The van der Waals surface area contributed by atoms with Gasteiger partial charge in [-0.1, -0.05) is 13.3 Å². The number of nitrogens with one attached hydrogen (secondary N) is 2. The zero-order chi connectivity index (χ0) is 12.6. The molecule has 94 valence electrons. The molecule has 0 rings (SSSR count). The Bertz CT molecular complexity index is 233. The number of aliphatic carboxylic acids is 1. The fourth-order valence-electron chi connectivity index (χ4n) is 1.28. The van der Waals surface area contributed by atoms with Crippen molar-refractivity contribution in [1.29, 1.82) is 0 Å². The lowest BCUT2D eigenvalue weighted by atomic mass is 10.2. The molecule has 0 heterocycles. The standard InChI is InChI=1S/C10H20N2O4/c1-3-4-8(14)5-11-6-9(10(15)16)12-7(2)13/h8-9,11,14H,3-6H2,1-2H3,(H,12,13)(H,15,16). The summed E-state index contributed by atoms with van der Waals surface area (Å²) in [6, 6.07) is -0.952. The topological polar surface area (TPSA) is 98.7 Å². The molecule has 0 aliphatic heterocycles. The zero-order valence-electron chi connectivity index (χ0n) is 9.69. The number of rotatable bonds is 8. The highest BCUT2D eigenvalue weighted by molar-refractivity contribution is 5.82. The van der Waals surface area contributed by atoms with Crippen molar-refractivity contribution in [3.05, 3.63) is 0 Å². The number of carboxylic acid groups (broad SMARTS) is 1. The van der Waals surface area contributed by atoms with Crippen LogP contribution in [0.4, 0.5) is 0 Å². The predicted octanol–water partition coefficient (Wildman–Crippen LogP) is -0.674. The Labute approximate surface area is 95.0 Å². The lowest BCUT2D eigenvalue weighted by Crippen LogP contribution is -2.47. The van der Waals surface area contributed by atoms with Crippen LogP contribution in [0.3, 0.4) is 0 Å². The van der Waals surface area contributed by atoms with Crippen molar-refractivity contribution in [2.24, 2.45) is 0 Å². The van der Waals surface area contributed by atoms with Crippen LogP contribution in [0.1, 0.15) is 26.7 Å². The van der Waals surface area contributed by atoms with Gasteiger partial charge in [0.2, 0.25) is 5.91 Å². The van der Waals surface area contributed by atoms with Crippen LogP contribution in [0.25, 0.3) is 0 Å². The summed E-state index contributed by atoms with van der Waals surface area (Å²) in [5.74, 6) is -1.48. The summed E-state index contributed by atoms with van der Waals surface area (Å²) in [6.45, 7) is 3.66. The van der Waals surface area contributed by atoms with Gasteiger partial charge in [0.05, 0.1) is 6.10 Å². The molecule has 2 atom stereocenters. The van der Waals surface area contributed by atoms with E-state index in [1.807, 2.05) is 6.92 Å². The largest absolute Gasteiger partial charge is 0.480 e. The number of carboxylic acids is 1. The number of aliphatic hydroxyl groups excluding tert-OH is 1. The van der Waals surface area contributed by atoms with Crippen LogP contribution < -0.4 is 10.6 Å². The Morgan fingerprint density at radius 1 is 1.31 bits per heavy atom. The lowest BCUT2D eigenvalue weighted by Gasteiger charge is -2.16. The van der Waals surface area contributed by atoms with Gasteiger partial charge in [0, 0.05) is 20.0 Å². The number of hydrogen-bond donors (Lipinski definition) is 4. The minimum absolute atomic E-state index is 0.107. The first-order valence-electron chi connectivity index (χ1n) is 5.36. The molecule has 0 aliphatic carbocycles. The average molecular weight is 232 g/mol. The van der Waals surface area contributed by atoms with Crippen molar-refractivity contribution in [3.8, 4) is 0 Å². The molecule has 4 N–H and O–H groups in total. The molecular weight excluding hydrogens is 212 g/mol. The Balaban J connectivity index is 3.84. The average Bonchev–Trinajstić information content (AvgIpc) is 2.15. The van der Waals surface area contributed by atoms with Crippen LogP contribution in [0.15, 0.2) is 0 Å². The van der Waals surface area contributed by atoms with E-state index in [1.165, 1.54) is 6.92 Å². The smallest absolute Gasteiger partial charge is 0.327 e. The number of aliphatic hydroxyl groups is 1. The van der Waals surface area contributed by atoms with Gasteiger partial charge < -0.3 is 20.8 Å². The van der Waals surface area contributed by atoms with E-state index >= 15 is 0 Å². The van der Waals surface area contributed by atoms with Crippen LogP contribution >= 0.6 is 0 Å². The molecule has 0 aromatic heterocycles. The maximum absolute atomic E-state index is 10.7. The summed E-state index contributed by atoms with van der Waals surface area (Å²) >= 11 is 0. The van der Waals surface area contributed by atoms with Gasteiger partial charge in [-0.2, -0.15) is 0 Å². The van der Waals surface area contributed by atoms with E-state index in [1.54, 1.807) is 0 Å². The van der Waals surface area contributed by atoms with Gasteiger partial charge in [0.15, 0.2) is 0 Å². The summed E-state index contributed by atoms with van der Waals surface area (Å²) in [7, 11) is 0. The highest BCUT2D eigenvalue weighted by atomic mass is 16.4. The first-order valence-corrected chi connectivity index (χ1v) is 5.36. The number of amides is 1. The third kappa shape index (κ3) is 7.19. The van der Waals surface area contributed by atoms with E-state index in [9.17, 15) is 14.7 Å². The molecule has 6 heteroatoms. The molecule has 6 nitrogen and oxygen atoms in total. The minimum Gasteiger partial charge on any atom is -0.480 e. The fourth-order valence-corrected chi connectivity index (χ4v) is 1.28. The second-order valence-corrected chi connectivity index (χ2v) is 3.69. The summed E-state index contributed by atoms with van der Waals surface area (Å²) in [6.07, 6.45) is 1.07. The van der Waals surface area contributed by atoms with E-state index < -0.39 is 18.1 Å². The Morgan fingerprint density at radius 2 is 1.94 bits per heavy atom. The maximum Gasteiger partial charge on any atom is 0.327 e. The minimum atomic E-state index is -1.09. The summed E-state index contributed by atoms with van der Waals surface area (Å²) < 4.78 is 0. The third-order valence-electron chi connectivity index (χ3n) is 2.03. The van der Waals surface area contributed by atoms with Gasteiger partial charge in [-0.05, 0) is 6.42 Å². The van der Waals surface area contributed by atoms with E-state index in [4.69, 9.17) is 5.11 Å². The summed E-state index contributed by atoms with van der Waals surface area (Å²) in [5, 5.41) is 23.3. The van der Waals surface area contributed by atoms with E-state index in [2.05, 4.69) is 10.6 Å². The molecule has 1 amide bonds.